The van der Waals surface area contributed by atoms with E-state index in [1.165, 1.54) is 5.56 Å². The molecule has 0 spiro atoms. The first kappa shape index (κ1) is 11.6. The van der Waals surface area contributed by atoms with Gasteiger partial charge in [-0.3, -0.25) is 0 Å². The van der Waals surface area contributed by atoms with E-state index in [1.807, 2.05) is 7.05 Å². The topological polar surface area (TPSA) is 32.3 Å². The molecule has 2 rings (SSSR count). The first-order valence-corrected chi connectivity index (χ1v) is 6.15. The van der Waals surface area contributed by atoms with Crippen LogP contribution in [0.4, 0.5) is 0 Å². The molecule has 0 amide bonds. The van der Waals surface area contributed by atoms with Gasteiger partial charge in [0.25, 0.3) is 0 Å². The Hall–Kier alpha value is -0.860. The third kappa shape index (κ3) is 2.63. The molecule has 88 valence electrons. The van der Waals surface area contributed by atoms with Crippen LogP contribution >= 0.6 is 0 Å². The smallest absolute Gasteiger partial charge is 0.0771 e. The highest BCUT2D eigenvalue weighted by Crippen LogP contribution is 2.37. The molecule has 2 heteroatoms. The molecule has 0 aliphatic heterocycles. The molecule has 0 bridgehead atoms. The van der Waals surface area contributed by atoms with Crippen molar-refractivity contribution < 1.29 is 5.11 Å². The number of hydrogen-bond acceptors (Lipinski definition) is 2. The predicted molar refractivity (Wildman–Crippen MR) is 66.5 cm³/mol. The van der Waals surface area contributed by atoms with Gasteiger partial charge < -0.3 is 10.4 Å². The van der Waals surface area contributed by atoms with E-state index in [2.05, 4.69) is 35.6 Å². The zero-order valence-corrected chi connectivity index (χ0v) is 9.95. The summed E-state index contributed by atoms with van der Waals surface area (Å²) >= 11 is 0. The van der Waals surface area contributed by atoms with Crippen LogP contribution < -0.4 is 5.32 Å². The average Bonchev–Trinajstić information content (AvgIpc) is 2.31. The minimum Gasteiger partial charge on any atom is -0.389 e. The molecule has 0 saturated heterocycles. The summed E-state index contributed by atoms with van der Waals surface area (Å²) in [6.45, 7) is 0.717. The molecule has 1 aromatic rings. The summed E-state index contributed by atoms with van der Waals surface area (Å²) < 4.78 is 0. The van der Waals surface area contributed by atoms with Crippen molar-refractivity contribution in [3.8, 4) is 0 Å². The monoisotopic (exact) mass is 219 g/mol. The molecule has 0 heterocycles. The van der Waals surface area contributed by atoms with Crippen LogP contribution in [0.3, 0.4) is 0 Å². The SMILES string of the molecule is CNCC1(O)CCC(c2ccccc2)CC1. The molecule has 1 aromatic carbocycles. The van der Waals surface area contributed by atoms with Crippen LogP contribution in [0.1, 0.15) is 37.2 Å². The number of hydrogen-bond donors (Lipinski definition) is 2. The Morgan fingerprint density at radius 1 is 1.25 bits per heavy atom. The lowest BCUT2D eigenvalue weighted by Gasteiger charge is -2.36. The van der Waals surface area contributed by atoms with Crippen molar-refractivity contribution >= 4 is 0 Å². The van der Waals surface area contributed by atoms with Crippen molar-refractivity contribution in [1.82, 2.24) is 5.32 Å². The maximum atomic E-state index is 10.3. The van der Waals surface area contributed by atoms with Crippen molar-refractivity contribution in [3.05, 3.63) is 35.9 Å². The Labute approximate surface area is 97.7 Å². The summed E-state index contributed by atoms with van der Waals surface area (Å²) in [5.41, 5.74) is 0.953. The van der Waals surface area contributed by atoms with E-state index in [4.69, 9.17) is 0 Å². The largest absolute Gasteiger partial charge is 0.389 e. The summed E-state index contributed by atoms with van der Waals surface area (Å²) in [5.74, 6) is 0.637. The van der Waals surface area contributed by atoms with Crippen LogP contribution in [0.15, 0.2) is 30.3 Å². The van der Waals surface area contributed by atoms with Crippen LogP contribution in [0.25, 0.3) is 0 Å². The van der Waals surface area contributed by atoms with Crippen LogP contribution in [0.5, 0.6) is 0 Å². The van der Waals surface area contributed by atoms with Gasteiger partial charge in [0.1, 0.15) is 0 Å². The standard InChI is InChI=1S/C14H21NO/c1-15-11-14(16)9-7-13(8-10-14)12-5-3-2-4-6-12/h2-6,13,15-16H,7-11H2,1H3. The summed E-state index contributed by atoms with van der Waals surface area (Å²) in [6, 6.07) is 10.7. The third-order valence-electron chi connectivity index (χ3n) is 3.69. The van der Waals surface area contributed by atoms with Crippen molar-refractivity contribution in [2.24, 2.45) is 0 Å². The molecule has 1 saturated carbocycles. The Bertz CT molecular complexity index is 315. The summed E-state index contributed by atoms with van der Waals surface area (Å²) in [6.07, 6.45) is 4.02. The summed E-state index contributed by atoms with van der Waals surface area (Å²) in [5, 5.41) is 13.4. The molecular formula is C14H21NO. The highest BCUT2D eigenvalue weighted by molar-refractivity contribution is 5.20. The van der Waals surface area contributed by atoms with E-state index in [0.29, 0.717) is 12.5 Å². The number of likely N-dealkylation sites (N-methyl/N-ethyl adjacent to an activating group) is 1. The number of aliphatic hydroxyl groups is 1. The van der Waals surface area contributed by atoms with Crippen LogP contribution in [-0.4, -0.2) is 24.3 Å². The van der Waals surface area contributed by atoms with Gasteiger partial charge >= 0.3 is 0 Å². The van der Waals surface area contributed by atoms with Crippen molar-refractivity contribution in [1.29, 1.82) is 0 Å². The van der Waals surface area contributed by atoms with Crippen LogP contribution in [0, 0.1) is 0 Å². The molecule has 1 fully saturated rings. The van der Waals surface area contributed by atoms with Gasteiger partial charge in [-0.25, -0.2) is 0 Å². The molecule has 2 nitrogen and oxygen atoms in total. The molecule has 0 aromatic heterocycles. The summed E-state index contributed by atoms with van der Waals surface area (Å²) in [4.78, 5) is 0. The quantitative estimate of drug-likeness (QED) is 0.817. The number of benzene rings is 1. The maximum Gasteiger partial charge on any atom is 0.0771 e. The van der Waals surface area contributed by atoms with E-state index in [-0.39, 0.29) is 0 Å². The van der Waals surface area contributed by atoms with Gasteiger partial charge in [0, 0.05) is 6.54 Å². The Kier molecular flexibility index (Phi) is 3.62. The molecule has 2 N–H and O–H groups in total. The van der Waals surface area contributed by atoms with Gasteiger partial charge in [0.2, 0.25) is 0 Å². The lowest BCUT2D eigenvalue weighted by molar-refractivity contribution is 0.00165. The minimum atomic E-state index is -0.472. The predicted octanol–water partition coefficient (Wildman–Crippen LogP) is 2.29. The fraction of sp³-hybridized carbons (Fsp3) is 0.571. The second-order valence-electron chi connectivity index (χ2n) is 4.94. The first-order valence-electron chi connectivity index (χ1n) is 6.15. The third-order valence-corrected chi connectivity index (χ3v) is 3.69. The van der Waals surface area contributed by atoms with Gasteiger partial charge in [-0.2, -0.15) is 0 Å². The van der Waals surface area contributed by atoms with E-state index in [9.17, 15) is 5.11 Å². The molecule has 1 aliphatic rings. The lowest BCUT2D eigenvalue weighted by atomic mass is 9.76. The van der Waals surface area contributed by atoms with Crippen molar-refractivity contribution in [2.75, 3.05) is 13.6 Å². The highest BCUT2D eigenvalue weighted by atomic mass is 16.3. The van der Waals surface area contributed by atoms with Gasteiger partial charge in [0.05, 0.1) is 5.60 Å². The fourth-order valence-electron chi connectivity index (χ4n) is 2.72. The fourth-order valence-corrected chi connectivity index (χ4v) is 2.72. The average molecular weight is 219 g/mol. The Morgan fingerprint density at radius 2 is 1.88 bits per heavy atom. The molecule has 0 atom stereocenters. The number of nitrogens with one attached hydrogen (secondary N) is 1. The zero-order chi connectivity index (χ0) is 11.4. The lowest BCUT2D eigenvalue weighted by Crippen LogP contribution is -2.42. The highest BCUT2D eigenvalue weighted by Gasteiger charge is 2.32. The van der Waals surface area contributed by atoms with Gasteiger partial charge in [0.15, 0.2) is 0 Å². The molecular weight excluding hydrogens is 198 g/mol. The van der Waals surface area contributed by atoms with Gasteiger partial charge in [-0.15, -0.1) is 0 Å². The van der Waals surface area contributed by atoms with Crippen molar-refractivity contribution in [3.63, 3.8) is 0 Å². The molecule has 1 aliphatic carbocycles. The van der Waals surface area contributed by atoms with Crippen LogP contribution in [-0.2, 0) is 0 Å². The van der Waals surface area contributed by atoms with Crippen LogP contribution in [0.2, 0.25) is 0 Å². The first-order chi connectivity index (χ1) is 7.73. The molecule has 0 radical (unpaired) electrons. The Morgan fingerprint density at radius 3 is 2.44 bits per heavy atom. The maximum absolute atomic E-state index is 10.3. The molecule has 16 heavy (non-hydrogen) atoms. The zero-order valence-electron chi connectivity index (χ0n) is 9.95. The van der Waals surface area contributed by atoms with E-state index >= 15 is 0 Å². The second kappa shape index (κ2) is 4.98. The van der Waals surface area contributed by atoms with Gasteiger partial charge in [-0.05, 0) is 44.2 Å². The van der Waals surface area contributed by atoms with E-state index in [0.717, 1.165) is 25.7 Å². The van der Waals surface area contributed by atoms with E-state index in [1.54, 1.807) is 0 Å². The summed E-state index contributed by atoms with van der Waals surface area (Å²) in [7, 11) is 1.90. The van der Waals surface area contributed by atoms with E-state index < -0.39 is 5.60 Å². The molecule has 0 unspecified atom stereocenters. The minimum absolute atomic E-state index is 0.472. The van der Waals surface area contributed by atoms with Crippen molar-refractivity contribution in [2.45, 2.75) is 37.2 Å². The number of rotatable bonds is 3. The normalized spacial score (nSPS) is 30.2. The van der Waals surface area contributed by atoms with Gasteiger partial charge in [-0.1, -0.05) is 30.3 Å². The Balaban J connectivity index is 1.95. The second-order valence-corrected chi connectivity index (χ2v) is 4.94.